The van der Waals surface area contributed by atoms with Crippen molar-refractivity contribution in [2.45, 2.75) is 90.1 Å². The topological polar surface area (TPSA) is 35.5 Å². The zero-order valence-corrected chi connectivity index (χ0v) is 18.5. The molecule has 0 spiro atoms. The lowest BCUT2D eigenvalue weighted by Crippen LogP contribution is -2.60. The van der Waals surface area contributed by atoms with E-state index < -0.39 is 17.9 Å². The Balaban J connectivity index is 1.60. The van der Waals surface area contributed by atoms with E-state index in [0.717, 1.165) is 44.9 Å². The van der Waals surface area contributed by atoms with E-state index in [1.54, 1.807) is 0 Å². The van der Waals surface area contributed by atoms with Gasteiger partial charge in [-0.3, -0.25) is 0 Å². The number of rotatable bonds is 4. The fourth-order valence-electron chi connectivity index (χ4n) is 8.36. The summed E-state index contributed by atoms with van der Waals surface area (Å²) in [6, 6.07) is 0. The quantitative estimate of drug-likeness (QED) is 0.543. The normalized spacial score (nSPS) is 46.9. The molecule has 166 valence electrons. The van der Waals surface area contributed by atoms with Crippen LogP contribution in [0.2, 0.25) is 0 Å². The van der Waals surface area contributed by atoms with Gasteiger partial charge in [-0.1, -0.05) is 26.7 Å². The van der Waals surface area contributed by atoms with Crippen LogP contribution in [0.4, 0.5) is 8.78 Å². The Bertz CT molecular complexity index is 638. The summed E-state index contributed by atoms with van der Waals surface area (Å²) < 4.78 is 41.5. The first-order valence-corrected chi connectivity index (χ1v) is 11.7. The lowest BCUT2D eigenvalue weighted by Gasteiger charge is -2.62. The Morgan fingerprint density at radius 1 is 1.00 bits per heavy atom. The molecule has 0 bridgehead atoms. The third-order valence-electron chi connectivity index (χ3n) is 10.0. The highest BCUT2D eigenvalue weighted by Crippen LogP contribution is 2.70. The molecule has 4 saturated carbocycles. The predicted molar refractivity (Wildman–Crippen MR) is 108 cm³/mol. The summed E-state index contributed by atoms with van der Waals surface area (Å²) in [5.41, 5.74) is -0.0433. The molecular weight excluding hydrogens is 374 g/mol. The molecule has 0 aromatic rings. The Labute approximate surface area is 174 Å². The fraction of sp³-hybridized carbons (Fsp3) is 0.958. The van der Waals surface area contributed by atoms with Crippen LogP contribution >= 0.6 is 0 Å². The van der Waals surface area contributed by atoms with Crippen LogP contribution in [-0.4, -0.2) is 32.2 Å². The zero-order valence-electron chi connectivity index (χ0n) is 18.5. The molecule has 4 aliphatic carbocycles. The van der Waals surface area contributed by atoms with Gasteiger partial charge in [-0.25, -0.2) is 13.6 Å². The molecule has 5 heteroatoms. The van der Waals surface area contributed by atoms with Crippen molar-refractivity contribution in [3.05, 3.63) is 0 Å². The molecule has 0 N–H and O–H groups in total. The SMILES string of the molecule is COC(=O)C(CC1CCC2C3C(CCC12C)[C@@]1(C)CCCC[C@H]1CC3(F)F)OC. The van der Waals surface area contributed by atoms with E-state index >= 15 is 8.78 Å². The summed E-state index contributed by atoms with van der Waals surface area (Å²) in [6.45, 7) is 4.55. The number of alkyl halides is 2. The molecule has 3 nitrogen and oxygen atoms in total. The first-order chi connectivity index (χ1) is 13.7. The summed E-state index contributed by atoms with van der Waals surface area (Å²) in [4.78, 5) is 12.1. The van der Waals surface area contributed by atoms with Crippen molar-refractivity contribution in [1.82, 2.24) is 0 Å². The first kappa shape index (κ1) is 21.5. The highest BCUT2D eigenvalue weighted by Gasteiger charge is 2.67. The van der Waals surface area contributed by atoms with Crippen LogP contribution in [0.15, 0.2) is 0 Å². The van der Waals surface area contributed by atoms with Gasteiger partial charge in [-0.2, -0.15) is 0 Å². The van der Waals surface area contributed by atoms with Crippen LogP contribution in [0.5, 0.6) is 0 Å². The van der Waals surface area contributed by atoms with Crippen molar-refractivity contribution in [3.8, 4) is 0 Å². The maximum absolute atomic E-state index is 15.6. The number of esters is 1. The molecule has 0 aromatic heterocycles. The van der Waals surface area contributed by atoms with Crippen molar-refractivity contribution in [3.63, 3.8) is 0 Å². The second-order valence-corrected chi connectivity index (χ2v) is 11.0. The molecule has 0 aliphatic heterocycles. The number of methoxy groups -OCH3 is 2. The van der Waals surface area contributed by atoms with Gasteiger partial charge in [0, 0.05) is 19.4 Å². The van der Waals surface area contributed by atoms with Crippen LogP contribution in [0.1, 0.15) is 78.1 Å². The maximum Gasteiger partial charge on any atom is 0.334 e. The molecule has 4 aliphatic rings. The van der Waals surface area contributed by atoms with Crippen LogP contribution < -0.4 is 0 Å². The molecule has 0 saturated heterocycles. The van der Waals surface area contributed by atoms with Gasteiger partial charge in [0.15, 0.2) is 6.10 Å². The van der Waals surface area contributed by atoms with E-state index in [4.69, 9.17) is 9.47 Å². The number of halogens is 2. The van der Waals surface area contributed by atoms with Crippen LogP contribution in [0, 0.1) is 40.4 Å². The van der Waals surface area contributed by atoms with E-state index in [2.05, 4.69) is 13.8 Å². The van der Waals surface area contributed by atoms with Crippen LogP contribution in [0.3, 0.4) is 0 Å². The van der Waals surface area contributed by atoms with Gasteiger partial charge in [0.05, 0.1) is 7.11 Å². The molecule has 0 radical (unpaired) electrons. The van der Waals surface area contributed by atoms with E-state index in [1.807, 2.05) is 0 Å². The van der Waals surface area contributed by atoms with E-state index in [0.29, 0.717) is 6.42 Å². The number of carbonyl (C=O) groups excluding carboxylic acids is 1. The lowest BCUT2D eigenvalue weighted by atomic mass is 9.44. The van der Waals surface area contributed by atoms with Crippen molar-refractivity contribution in [2.75, 3.05) is 14.2 Å². The van der Waals surface area contributed by atoms with E-state index in [9.17, 15) is 4.79 Å². The summed E-state index contributed by atoms with van der Waals surface area (Å²) in [5.74, 6) is -2.78. The van der Waals surface area contributed by atoms with Gasteiger partial charge in [0.1, 0.15) is 0 Å². The van der Waals surface area contributed by atoms with E-state index in [-0.39, 0.29) is 46.9 Å². The molecule has 8 atom stereocenters. The largest absolute Gasteiger partial charge is 0.467 e. The summed E-state index contributed by atoms with van der Waals surface area (Å²) in [6.07, 6.45) is 8.17. The minimum absolute atomic E-state index is 0.0519. The molecule has 0 heterocycles. The van der Waals surface area contributed by atoms with Crippen molar-refractivity contribution in [1.29, 1.82) is 0 Å². The maximum atomic E-state index is 15.6. The van der Waals surface area contributed by atoms with Gasteiger partial charge in [-0.05, 0) is 79.4 Å². The average molecular weight is 413 g/mol. The van der Waals surface area contributed by atoms with Gasteiger partial charge in [0.2, 0.25) is 0 Å². The molecule has 29 heavy (non-hydrogen) atoms. The van der Waals surface area contributed by atoms with Crippen molar-refractivity contribution < 1.29 is 23.0 Å². The second kappa shape index (κ2) is 7.46. The third kappa shape index (κ3) is 3.25. The Hall–Kier alpha value is -0.710. The summed E-state index contributed by atoms with van der Waals surface area (Å²) in [5, 5.41) is 0. The number of fused-ring (bicyclic) bond motifs is 5. The van der Waals surface area contributed by atoms with Gasteiger partial charge < -0.3 is 9.47 Å². The summed E-state index contributed by atoms with van der Waals surface area (Å²) in [7, 11) is 2.91. The van der Waals surface area contributed by atoms with Gasteiger partial charge in [-0.15, -0.1) is 0 Å². The monoisotopic (exact) mass is 412 g/mol. The lowest BCUT2D eigenvalue weighted by molar-refractivity contribution is -0.232. The number of carbonyl (C=O) groups is 1. The number of ether oxygens (including phenoxy) is 2. The Kier molecular flexibility index (Phi) is 5.53. The summed E-state index contributed by atoms with van der Waals surface area (Å²) >= 11 is 0. The Morgan fingerprint density at radius 2 is 1.72 bits per heavy atom. The van der Waals surface area contributed by atoms with Crippen LogP contribution in [0.25, 0.3) is 0 Å². The van der Waals surface area contributed by atoms with E-state index in [1.165, 1.54) is 20.6 Å². The standard InChI is InChI=1S/C24H38F2O3/c1-22-11-6-5-7-16(22)14-24(25,26)20-17-9-8-15(13-19(28-3)21(27)29-4)23(17,2)12-10-18(20)22/h15-20H,5-14H2,1-4H3/t15?,16-,17?,18?,19?,20?,22-,23?/m0/s1. The third-order valence-corrected chi connectivity index (χ3v) is 10.0. The average Bonchev–Trinajstić information content (AvgIpc) is 3.01. The fourth-order valence-corrected chi connectivity index (χ4v) is 8.36. The zero-order chi connectivity index (χ0) is 21.0. The number of hydrogen-bond acceptors (Lipinski definition) is 3. The minimum atomic E-state index is -2.56. The molecule has 0 aromatic carbocycles. The molecule has 0 amide bonds. The van der Waals surface area contributed by atoms with Gasteiger partial charge >= 0.3 is 5.97 Å². The smallest absolute Gasteiger partial charge is 0.334 e. The molecular formula is C24H38F2O3. The first-order valence-electron chi connectivity index (χ1n) is 11.7. The molecule has 4 rings (SSSR count). The second-order valence-electron chi connectivity index (χ2n) is 11.0. The van der Waals surface area contributed by atoms with Crippen LogP contribution in [-0.2, 0) is 14.3 Å². The highest BCUT2D eigenvalue weighted by atomic mass is 19.3. The molecule has 4 fully saturated rings. The van der Waals surface area contributed by atoms with Crippen molar-refractivity contribution >= 4 is 5.97 Å². The Morgan fingerprint density at radius 3 is 2.41 bits per heavy atom. The number of hydrogen-bond donors (Lipinski definition) is 0. The van der Waals surface area contributed by atoms with Gasteiger partial charge in [0.25, 0.3) is 5.92 Å². The minimum Gasteiger partial charge on any atom is -0.467 e. The molecule has 6 unspecified atom stereocenters. The highest BCUT2D eigenvalue weighted by molar-refractivity contribution is 5.74. The predicted octanol–water partition coefficient (Wildman–Crippen LogP) is 5.86. The van der Waals surface area contributed by atoms with Crippen molar-refractivity contribution in [2.24, 2.45) is 40.4 Å².